The number of rotatable bonds is 6. The maximum absolute atomic E-state index is 15.1. The number of carboxylic acids is 1. The molecule has 0 bridgehead atoms. The number of aromatic carboxylic acids is 1. The molecule has 2 heterocycles. The minimum Gasteiger partial charge on any atom is -0.478 e. The molecule has 8 nitrogen and oxygen atoms in total. The summed E-state index contributed by atoms with van der Waals surface area (Å²) in [7, 11) is 0. The van der Waals surface area contributed by atoms with E-state index in [1.54, 1.807) is 18.2 Å². The quantitative estimate of drug-likeness (QED) is 0.600. The van der Waals surface area contributed by atoms with Gasteiger partial charge < -0.3 is 10.0 Å². The molecule has 9 heteroatoms. The number of likely N-dealkylation sites (tertiary alicyclic amines) is 1. The molecule has 1 aliphatic heterocycles. The number of carbonyl (C=O) groups excluding carboxylic acids is 1. The smallest absolute Gasteiger partial charge is 0.348 e. The number of H-pyrrole nitrogens is 1. The lowest BCUT2D eigenvalue weighted by Crippen LogP contribution is -2.30. The number of carbonyl (C=O) groups is 2. The lowest BCUT2D eigenvalue weighted by molar-refractivity contribution is -0.131. The van der Waals surface area contributed by atoms with E-state index in [-0.39, 0.29) is 29.0 Å². The van der Waals surface area contributed by atoms with Crippen LogP contribution in [0.15, 0.2) is 47.3 Å². The van der Waals surface area contributed by atoms with Crippen molar-refractivity contribution in [3.63, 3.8) is 0 Å². The summed E-state index contributed by atoms with van der Waals surface area (Å²) in [4.78, 5) is 37.7. The van der Waals surface area contributed by atoms with Crippen LogP contribution in [0.2, 0.25) is 0 Å². The van der Waals surface area contributed by atoms with Gasteiger partial charge in [-0.2, -0.15) is 5.10 Å². The third-order valence-electron chi connectivity index (χ3n) is 6.39. The Hall–Kier alpha value is -3.75. The van der Waals surface area contributed by atoms with Gasteiger partial charge in [0.1, 0.15) is 11.6 Å². The van der Waals surface area contributed by atoms with E-state index >= 15 is 4.39 Å². The Labute approximate surface area is 188 Å². The fourth-order valence-corrected chi connectivity index (χ4v) is 4.43. The Morgan fingerprint density at radius 1 is 1.09 bits per heavy atom. The molecule has 1 amide bonds. The first-order valence-corrected chi connectivity index (χ1v) is 11.0. The standard InChI is InChI=1S/C24H23FN4O4/c25-19-12-18(15-1-5-17(6-2-15)23(31)32)7-8-20(19)29-21(26-27-24(29)33)11-14-9-10-28(13-14)22(30)16-3-4-16/h1-2,5-8,12,14,16H,3-4,9-11,13H2,(H,27,33)(H,31,32)/t14-/m0/s1. The summed E-state index contributed by atoms with van der Waals surface area (Å²) >= 11 is 0. The second-order valence-electron chi connectivity index (χ2n) is 8.75. The van der Waals surface area contributed by atoms with Gasteiger partial charge in [-0.25, -0.2) is 23.6 Å². The average molecular weight is 450 g/mol. The van der Waals surface area contributed by atoms with Crippen LogP contribution in [0.3, 0.4) is 0 Å². The van der Waals surface area contributed by atoms with Crippen LogP contribution in [0.1, 0.15) is 35.4 Å². The zero-order valence-electron chi connectivity index (χ0n) is 17.8. The predicted octanol–water partition coefficient (Wildman–Crippen LogP) is 2.87. The number of amides is 1. The van der Waals surface area contributed by atoms with Crippen LogP contribution in [-0.4, -0.2) is 49.7 Å². The number of hydrogen-bond donors (Lipinski definition) is 2. The van der Waals surface area contributed by atoms with Gasteiger partial charge in [-0.05, 0) is 60.6 Å². The van der Waals surface area contributed by atoms with Crippen molar-refractivity contribution < 1.29 is 19.1 Å². The zero-order valence-corrected chi connectivity index (χ0v) is 17.8. The number of benzene rings is 2. The summed E-state index contributed by atoms with van der Waals surface area (Å²) in [5.41, 5.74) is 0.951. The number of nitrogens with one attached hydrogen (secondary N) is 1. The summed E-state index contributed by atoms with van der Waals surface area (Å²) in [6.45, 7) is 1.34. The predicted molar refractivity (Wildman–Crippen MR) is 118 cm³/mol. The summed E-state index contributed by atoms with van der Waals surface area (Å²) in [5.74, 6) is -0.621. The molecule has 0 unspecified atom stereocenters. The molecule has 1 aliphatic carbocycles. The number of carboxylic acid groups (broad SMARTS) is 1. The van der Waals surface area contributed by atoms with Crippen molar-refractivity contribution in [2.24, 2.45) is 11.8 Å². The number of aromatic nitrogens is 3. The van der Waals surface area contributed by atoms with E-state index in [9.17, 15) is 14.4 Å². The molecule has 2 N–H and O–H groups in total. The van der Waals surface area contributed by atoms with Crippen molar-refractivity contribution >= 4 is 11.9 Å². The van der Waals surface area contributed by atoms with Crippen LogP contribution in [0, 0.1) is 17.7 Å². The average Bonchev–Trinajstić information content (AvgIpc) is 3.46. The monoisotopic (exact) mass is 450 g/mol. The van der Waals surface area contributed by atoms with Crippen LogP contribution in [-0.2, 0) is 11.2 Å². The second kappa shape index (κ2) is 8.31. The maximum Gasteiger partial charge on any atom is 0.348 e. The molecule has 0 spiro atoms. The Morgan fingerprint density at radius 2 is 1.82 bits per heavy atom. The van der Waals surface area contributed by atoms with Crippen molar-refractivity contribution in [1.82, 2.24) is 19.7 Å². The lowest BCUT2D eigenvalue weighted by Gasteiger charge is -2.16. The van der Waals surface area contributed by atoms with Gasteiger partial charge in [-0.3, -0.25) is 4.79 Å². The number of halogens is 1. The molecule has 5 rings (SSSR count). The molecule has 2 aliphatic rings. The zero-order chi connectivity index (χ0) is 23.1. The van der Waals surface area contributed by atoms with Crippen molar-refractivity contribution in [2.75, 3.05) is 13.1 Å². The third-order valence-corrected chi connectivity index (χ3v) is 6.39. The van der Waals surface area contributed by atoms with Gasteiger partial charge >= 0.3 is 11.7 Å². The van der Waals surface area contributed by atoms with Gasteiger partial charge in [-0.15, -0.1) is 0 Å². The van der Waals surface area contributed by atoms with Gasteiger partial charge in [0.25, 0.3) is 0 Å². The molecular formula is C24H23FN4O4. The van der Waals surface area contributed by atoms with E-state index in [0.717, 1.165) is 19.3 Å². The van der Waals surface area contributed by atoms with Crippen LogP contribution < -0.4 is 5.69 Å². The summed E-state index contributed by atoms with van der Waals surface area (Å²) in [6.07, 6.45) is 3.23. The highest BCUT2D eigenvalue weighted by atomic mass is 19.1. The molecule has 33 heavy (non-hydrogen) atoms. The number of hydrogen-bond acceptors (Lipinski definition) is 4. The highest BCUT2D eigenvalue weighted by molar-refractivity contribution is 5.88. The van der Waals surface area contributed by atoms with Crippen LogP contribution in [0.25, 0.3) is 16.8 Å². The number of nitrogens with zero attached hydrogens (tertiary/aromatic N) is 3. The fourth-order valence-electron chi connectivity index (χ4n) is 4.43. The SMILES string of the molecule is O=C(O)c1ccc(-c2ccc(-n3c(C[C@@H]4CCN(C(=O)C5CC5)C4)n[nH]c3=O)c(F)c2)cc1. The van der Waals surface area contributed by atoms with Crippen LogP contribution in [0.5, 0.6) is 0 Å². The highest BCUT2D eigenvalue weighted by Crippen LogP contribution is 2.33. The first-order valence-electron chi connectivity index (χ1n) is 11.0. The van der Waals surface area contributed by atoms with E-state index < -0.39 is 17.5 Å². The normalized spacial score (nSPS) is 18.0. The van der Waals surface area contributed by atoms with E-state index in [1.165, 1.54) is 28.8 Å². The van der Waals surface area contributed by atoms with E-state index in [4.69, 9.17) is 5.11 Å². The molecule has 2 fully saturated rings. The Kier molecular flexibility index (Phi) is 5.32. The van der Waals surface area contributed by atoms with Crippen LogP contribution in [0.4, 0.5) is 4.39 Å². The third kappa shape index (κ3) is 4.18. The molecule has 2 aromatic carbocycles. The Morgan fingerprint density at radius 3 is 2.48 bits per heavy atom. The molecule has 1 saturated heterocycles. The minimum absolute atomic E-state index is 0.0959. The first-order chi connectivity index (χ1) is 15.9. The Balaban J connectivity index is 1.36. The largest absolute Gasteiger partial charge is 0.478 e. The summed E-state index contributed by atoms with van der Waals surface area (Å²) in [5, 5.41) is 15.6. The van der Waals surface area contributed by atoms with Gasteiger partial charge in [0, 0.05) is 25.4 Å². The molecule has 1 atom stereocenters. The minimum atomic E-state index is -1.03. The molecule has 3 aromatic rings. The van der Waals surface area contributed by atoms with Crippen molar-refractivity contribution in [3.8, 4) is 16.8 Å². The van der Waals surface area contributed by atoms with Crippen LogP contribution >= 0.6 is 0 Å². The van der Waals surface area contributed by atoms with E-state index in [2.05, 4.69) is 10.2 Å². The van der Waals surface area contributed by atoms with E-state index in [1.807, 2.05) is 4.90 Å². The fraction of sp³-hybridized carbons (Fsp3) is 0.333. The molecule has 0 radical (unpaired) electrons. The Bertz CT molecular complexity index is 1280. The van der Waals surface area contributed by atoms with Crippen molar-refractivity contribution in [1.29, 1.82) is 0 Å². The van der Waals surface area contributed by atoms with Gasteiger partial charge in [-0.1, -0.05) is 18.2 Å². The van der Waals surface area contributed by atoms with Crippen molar-refractivity contribution in [3.05, 3.63) is 70.2 Å². The molecular weight excluding hydrogens is 427 g/mol. The topological polar surface area (TPSA) is 108 Å². The van der Waals surface area contributed by atoms with Gasteiger partial charge in [0.05, 0.1) is 11.3 Å². The van der Waals surface area contributed by atoms with E-state index in [0.29, 0.717) is 36.5 Å². The summed E-state index contributed by atoms with van der Waals surface area (Å²) in [6, 6.07) is 10.7. The summed E-state index contributed by atoms with van der Waals surface area (Å²) < 4.78 is 16.3. The highest BCUT2D eigenvalue weighted by Gasteiger charge is 2.37. The van der Waals surface area contributed by atoms with Crippen molar-refractivity contribution in [2.45, 2.75) is 25.7 Å². The maximum atomic E-state index is 15.1. The molecule has 170 valence electrons. The van der Waals surface area contributed by atoms with Gasteiger partial charge in [0.2, 0.25) is 5.91 Å². The second-order valence-corrected chi connectivity index (χ2v) is 8.75. The number of aromatic amines is 1. The lowest BCUT2D eigenvalue weighted by atomic mass is 10.0. The molecule has 1 saturated carbocycles. The first kappa shape index (κ1) is 21.1. The molecule has 1 aromatic heterocycles. The van der Waals surface area contributed by atoms with Gasteiger partial charge in [0.15, 0.2) is 0 Å².